The first-order valence-electron chi connectivity index (χ1n) is 4.33. The van der Waals surface area contributed by atoms with E-state index in [9.17, 15) is 0 Å². The third kappa shape index (κ3) is 1.89. The molecule has 1 aromatic carbocycles. The van der Waals surface area contributed by atoms with Crippen LogP contribution >= 0.6 is 0 Å². The molecule has 0 aliphatic rings. The highest BCUT2D eigenvalue weighted by Gasteiger charge is 1.97. The Morgan fingerprint density at radius 1 is 1.42 bits per heavy atom. The van der Waals surface area contributed by atoms with Crippen LogP contribution in [0.25, 0.3) is 0 Å². The van der Waals surface area contributed by atoms with E-state index in [-0.39, 0.29) is 0 Å². The van der Waals surface area contributed by atoms with Crippen molar-refractivity contribution in [1.82, 2.24) is 0 Å². The van der Waals surface area contributed by atoms with E-state index in [0.717, 1.165) is 19.3 Å². The lowest BCUT2D eigenvalue weighted by Gasteiger charge is -2.01. The van der Waals surface area contributed by atoms with Gasteiger partial charge >= 0.3 is 0 Å². The number of benzene rings is 1. The van der Waals surface area contributed by atoms with Gasteiger partial charge in [0.25, 0.3) is 0 Å². The second-order valence-corrected chi connectivity index (χ2v) is 2.86. The van der Waals surface area contributed by atoms with Gasteiger partial charge in [0.1, 0.15) is 0 Å². The summed E-state index contributed by atoms with van der Waals surface area (Å²) in [6.07, 6.45) is 1.00. The van der Waals surface area contributed by atoms with Crippen molar-refractivity contribution in [2.75, 3.05) is 0 Å². The number of nitriles is 1. The van der Waals surface area contributed by atoms with Crippen LogP contribution < -0.4 is 5.46 Å². The first kappa shape index (κ1) is 8.87. The molecule has 0 aliphatic heterocycles. The van der Waals surface area contributed by atoms with Gasteiger partial charge in [-0.25, -0.2) is 0 Å². The molecule has 0 atom stereocenters. The van der Waals surface area contributed by atoms with Gasteiger partial charge in [-0.05, 0) is 18.1 Å². The summed E-state index contributed by atoms with van der Waals surface area (Å²) >= 11 is 0. The van der Waals surface area contributed by atoms with Crippen LogP contribution in [-0.4, -0.2) is 7.28 Å². The Bertz CT molecular complexity index is 290. The van der Waals surface area contributed by atoms with Crippen LogP contribution in [0.4, 0.5) is 0 Å². The van der Waals surface area contributed by atoms with E-state index in [1.165, 1.54) is 11.0 Å². The van der Waals surface area contributed by atoms with Gasteiger partial charge in [-0.2, -0.15) is 5.26 Å². The quantitative estimate of drug-likeness (QED) is 0.592. The molecule has 0 fully saturated rings. The van der Waals surface area contributed by atoms with Gasteiger partial charge in [-0.1, -0.05) is 31.3 Å². The Kier molecular flexibility index (Phi) is 2.93. The molecule has 0 N–H and O–H groups in total. The number of hydrogen-bond acceptors (Lipinski definition) is 1. The second kappa shape index (κ2) is 3.97. The topological polar surface area (TPSA) is 23.8 Å². The molecule has 0 amide bonds. The zero-order valence-corrected chi connectivity index (χ0v) is 7.59. The lowest BCUT2D eigenvalue weighted by atomic mass is 9.72. The van der Waals surface area contributed by atoms with Crippen molar-refractivity contribution in [1.29, 1.82) is 5.26 Å². The summed E-state index contributed by atoms with van der Waals surface area (Å²) in [4.78, 5) is 0. The van der Waals surface area contributed by atoms with Crippen molar-refractivity contribution in [3.8, 4) is 6.07 Å². The summed E-state index contributed by atoms with van der Waals surface area (Å²) in [6.45, 7) is 4.21. The molecule has 0 heterocycles. The molecule has 0 aliphatic carbocycles. The lowest BCUT2D eigenvalue weighted by Crippen LogP contribution is -2.11. The highest BCUT2D eigenvalue weighted by molar-refractivity contribution is 6.52. The van der Waals surface area contributed by atoms with Gasteiger partial charge in [0.05, 0.1) is 11.6 Å². The fourth-order valence-corrected chi connectivity index (χ4v) is 1.24. The number of nitrogens with zero attached hydrogens (tertiary/aromatic N) is 1. The van der Waals surface area contributed by atoms with Crippen molar-refractivity contribution < 1.29 is 0 Å². The predicted molar refractivity (Wildman–Crippen MR) is 53.2 cm³/mol. The molecular weight excluding hydrogens is 145 g/mol. The number of aryl methyl sites for hydroxylation is 1. The monoisotopic (exact) mass is 157 g/mol. The van der Waals surface area contributed by atoms with Gasteiger partial charge in [-0.3, -0.25) is 0 Å². The molecule has 12 heavy (non-hydrogen) atoms. The van der Waals surface area contributed by atoms with Crippen LogP contribution in [0.2, 0.25) is 6.82 Å². The van der Waals surface area contributed by atoms with Crippen LogP contribution in [0.5, 0.6) is 0 Å². The summed E-state index contributed by atoms with van der Waals surface area (Å²) in [7, 11) is 1.00. The smallest absolute Gasteiger partial charge is 0.154 e. The Balaban J connectivity index is 3.12. The molecule has 0 spiro atoms. The zero-order valence-electron chi connectivity index (χ0n) is 7.59. The van der Waals surface area contributed by atoms with Crippen molar-refractivity contribution in [3.63, 3.8) is 0 Å². The molecule has 0 aromatic heterocycles. The Hall–Kier alpha value is -1.23. The van der Waals surface area contributed by atoms with Crippen molar-refractivity contribution in [2.45, 2.75) is 20.2 Å². The van der Waals surface area contributed by atoms with Crippen molar-refractivity contribution >= 4 is 12.7 Å². The minimum absolute atomic E-state index is 0.784. The Morgan fingerprint density at radius 2 is 2.17 bits per heavy atom. The van der Waals surface area contributed by atoms with E-state index in [1.807, 2.05) is 12.1 Å². The standard InChI is InChI=1S/C10H12BN/c1-3-8-4-9(7-12)6-10(5-8)11-2/h4-6,11H,3H2,1-2H3. The van der Waals surface area contributed by atoms with Crippen molar-refractivity contribution in [2.24, 2.45) is 0 Å². The lowest BCUT2D eigenvalue weighted by molar-refractivity contribution is 1.14. The van der Waals surface area contributed by atoms with E-state index in [0.29, 0.717) is 0 Å². The maximum absolute atomic E-state index is 8.73. The predicted octanol–water partition coefficient (Wildman–Crippen LogP) is 1.23. The molecule has 2 heteroatoms. The van der Waals surface area contributed by atoms with Gasteiger partial charge in [0.2, 0.25) is 0 Å². The minimum atomic E-state index is 0.784. The zero-order chi connectivity index (χ0) is 8.97. The average molecular weight is 157 g/mol. The Labute approximate surface area is 74.3 Å². The molecular formula is C10H12BN. The SMILES string of the molecule is CBc1cc(C#N)cc(CC)c1. The largest absolute Gasteiger partial charge is 0.192 e. The van der Waals surface area contributed by atoms with E-state index in [4.69, 9.17) is 5.26 Å². The third-order valence-electron chi connectivity index (χ3n) is 2.00. The number of rotatable bonds is 2. The first-order valence-corrected chi connectivity index (χ1v) is 4.33. The summed E-state index contributed by atoms with van der Waals surface area (Å²) in [6, 6.07) is 8.26. The molecule has 1 aromatic rings. The highest BCUT2D eigenvalue weighted by Crippen LogP contribution is 2.02. The summed E-state index contributed by atoms with van der Waals surface area (Å²) in [5, 5.41) is 8.73. The minimum Gasteiger partial charge on any atom is -0.192 e. The third-order valence-corrected chi connectivity index (χ3v) is 2.00. The molecule has 0 saturated carbocycles. The number of hydrogen-bond donors (Lipinski definition) is 0. The molecule has 1 rings (SSSR count). The van der Waals surface area contributed by atoms with Crippen LogP contribution in [0.3, 0.4) is 0 Å². The van der Waals surface area contributed by atoms with E-state index < -0.39 is 0 Å². The molecule has 0 unspecified atom stereocenters. The molecule has 0 radical (unpaired) electrons. The van der Waals surface area contributed by atoms with Gasteiger partial charge in [0, 0.05) is 0 Å². The molecule has 60 valence electrons. The van der Waals surface area contributed by atoms with E-state index in [1.54, 1.807) is 0 Å². The highest BCUT2D eigenvalue weighted by atomic mass is 14.2. The fraction of sp³-hybridized carbons (Fsp3) is 0.300. The van der Waals surface area contributed by atoms with E-state index >= 15 is 0 Å². The second-order valence-electron chi connectivity index (χ2n) is 2.86. The van der Waals surface area contributed by atoms with Gasteiger partial charge in [0.15, 0.2) is 7.28 Å². The van der Waals surface area contributed by atoms with Crippen LogP contribution in [0.1, 0.15) is 18.1 Å². The molecule has 0 saturated heterocycles. The summed E-state index contributed by atoms with van der Waals surface area (Å²) in [5.74, 6) is 0. The Morgan fingerprint density at radius 3 is 2.67 bits per heavy atom. The average Bonchev–Trinajstić information content (AvgIpc) is 2.16. The van der Waals surface area contributed by atoms with Gasteiger partial charge in [-0.15, -0.1) is 0 Å². The fourth-order valence-electron chi connectivity index (χ4n) is 1.24. The summed E-state index contributed by atoms with van der Waals surface area (Å²) in [5.41, 5.74) is 3.29. The normalized spacial score (nSPS) is 9.08. The first-order chi connectivity index (χ1) is 5.80. The van der Waals surface area contributed by atoms with E-state index in [2.05, 4.69) is 25.9 Å². The van der Waals surface area contributed by atoms with Crippen LogP contribution in [-0.2, 0) is 6.42 Å². The van der Waals surface area contributed by atoms with Crippen LogP contribution in [0.15, 0.2) is 18.2 Å². The molecule has 1 nitrogen and oxygen atoms in total. The van der Waals surface area contributed by atoms with Crippen molar-refractivity contribution in [3.05, 3.63) is 29.3 Å². The summed E-state index contributed by atoms with van der Waals surface area (Å²) < 4.78 is 0. The van der Waals surface area contributed by atoms with Gasteiger partial charge < -0.3 is 0 Å². The molecule has 0 bridgehead atoms. The maximum Gasteiger partial charge on any atom is 0.154 e. The van der Waals surface area contributed by atoms with Crippen LogP contribution in [0, 0.1) is 11.3 Å². The maximum atomic E-state index is 8.73.